The largest absolute Gasteiger partial charge is 0.326 e. The average Bonchev–Trinajstić information content (AvgIpc) is 3.22. The van der Waals surface area contributed by atoms with Gasteiger partial charge in [0.15, 0.2) is 4.33 Å². The molecule has 4 unspecified atom stereocenters. The molecule has 5 nitrogen and oxygen atoms in total. The van der Waals surface area contributed by atoms with Gasteiger partial charge in [-0.05, 0) is 30.2 Å². The topological polar surface area (TPSA) is 66.5 Å². The first-order valence-corrected chi connectivity index (χ1v) is 12.9. The molecule has 1 heterocycles. The quantitative estimate of drug-likeness (QED) is 0.332. The molecule has 4 atom stereocenters. The van der Waals surface area contributed by atoms with E-state index >= 15 is 0 Å². The summed E-state index contributed by atoms with van der Waals surface area (Å²) in [5, 5.41) is 2.50. The van der Waals surface area contributed by atoms with E-state index in [2.05, 4.69) is 5.32 Å². The highest BCUT2D eigenvalue weighted by Crippen LogP contribution is 2.77. The molecule has 0 aromatic heterocycles. The third-order valence-electron chi connectivity index (χ3n) is 6.78. The van der Waals surface area contributed by atoms with Crippen molar-refractivity contribution in [2.24, 2.45) is 11.8 Å². The average molecular weight is 593 g/mol. The lowest BCUT2D eigenvalue weighted by molar-refractivity contribution is -0.123. The van der Waals surface area contributed by atoms with Crippen molar-refractivity contribution in [3.8, 4) is 0 Å². The molecule has 2 bridgehead atoms. The highest BCUT2D eigenvalue weighted by Gasteiger charge is 2.87. The summed E-state index contributed by atoms with van der Waals surface area (Å²) in [6, 6.07) is 16.0. The fraction of sp³-hybridized carbons (Fsp3) is 0.292. The van der Waals surface area contributed by atoms with Crippen molar-refractivity contribution in [2.75, 3.05) is 10.2 Å². The van der Waals surface area contributed by atoms with Crippen molar-refractivity contribution in [1.82, 2.24) is 0 Å². The van der Waals surface area contributed by atoms with Gasteiger partial charge in [-0.25, -0.2) is 4.90 Å². The van der Waals surface area contributed by atoms with E-state index in [-0.39, 0.29) is 28.1 Å². The van der Waals surface area contributed by atoms with Crippen molar-refractivity contribution < 1.29 is 14.4 Å². The molecule has 2 aromatic carbocycles. The summed E-state index contributed by atoms with van der Waals surface area (Å²) in [5.74, 6) is -3.96. The molecule has 3 aliphatic rings. The van der Waals surface area contributed by atoms with E-state index in [1.54, 1.807) is 18.2 Å². The van der Waals surface area contributed by atoms with E-state index in [9.17, 15) is 14.4 Å². The maximum atomic E-state index is 13.5. The molecule has 2 aromatic rings. The van der Waals surface area contributed by atoms with Crippen molar-refractivity contribution in [2.45, 2.75) is 26.9 Å². The van der Waals surface area contributed by atoms with Gasteiger partial charge in [-0.2, -0.15) is 0 Å². The zero-order valence-electron chi connectivity index (χ0n) is 17.7. The number of nitrogens with zero attached hydrogens (tertiary/aromatic N) is 1. The molecule has 2 aliphatic carbocycles. The van der Waals surface area contributed by atoms with Crippen LogP contribution in [0.15, 0.2) is 64.7 Å². The molecular weight excluding hydrogens is 577 g/mol. The number of halogens is 6. The molecule has 0 spiro atoms. The van der Waals surface area contributed by atoms with Crippen LogP contribution >= 0.6 is 69.6 Å². The number of carbonyl (C=O) groups is 3. The first kappa shape index (κ1) is 25.2. The van der Waals surface area contributed by atoms with Gasteiger partial charge in [0.1, 0.15) is 9.75 Å². The van der Waals surface area contributed by atoms with Crippen LogP contribution in [0.1, 0.15) is 12.0 Å². The standard InChI is InChI=1S/C24H16Cl6N2O3/c25-18-19(26)23(28)17-16(22(18,27)24(23,29)30)20(34)32(21(17)35)14-8-4-7-13(11-14)31-15(33)10-9-12-5-2-1-3-6-12/h1-8,11,16-17H,9-10H2,(H,31,33). The Morgan fingerprint density at radius 2 is 1.43 bits per heavy atom. The molecule has 35 heavy (non-hydrogen) atoms. The number of imide groups is 1. The van der Waals surface area contributed by atoms with E-state index in [0.29, 0.717) is 12.1 Å². The molecule has 5 rings (SSSR count). The number of rotatable bonds is 5. The van der Waals surface area contributed by atoms with E-state index in [4.69, 9.17) is 69.6 Å². The van der Waals surface area contributed by atoms with Gasteiger partial charge in [-0.15, -0.1) is 23.2 Å². The zero-order chi connectivity index (χ0) is 25.3. The number of anilines is 2. The van der Waals surface area contributed by atoms with Crippen LogP contribution in [-0.2, 0) is 20.8 Å². The highest BCUT2D eigenvalue weighted by molar-refractivity contribution is 6.67. The number of carbonyl (C=O) groups excluding carboxylic acids is 3. The fourth-order valence-corrected chi connectivity index (χ4v) is 8.03. The van der Waals surface area contributed by atoms with Crippen LogP contribution in [0.4, 0.5) is 11.4 Å². The summed E-state index contributed by atoms with van der Waals surface area (Å²) in [5.41, 5.74) is 1.69. The van der Waals surface area contributed by atoms with Crippen LogP contribution in [0.2, 0.25) is 0 Å². The Labute approximate surface area is 231 Å². The number of allylic oxidation sites excluding steroid dienone is 2. The second-order valence-electron chi connectivity index (χ2n) is 8.68. The number of nitrogens with one attached hydrogen (secondary N) is 1. The van der Waals surface area contributed by atoms with Gasteiger partial charge in [-0.3, -0.25) is 14.4 Å². The number of benzene rings is 2. The predicted octanol–water partition coefficient (Wildman–Crippen LogP) is 6.21. The molecule has 1 saturated carbocycles. The number of hydrogen-bond acceptors (Lipinski definition) is 3. The Morgan fingerprint density at radius 1 is 0.857 bits per heavy atom. The Balaban J connectivity index is 1.39. The first-order chi connectivity index (χ1) is 16.5. The second-order valence-corrected chi connectivity index (χ2v) is 12.0. The third kappa shape index (κ3) is 3.32. The van der Waals surface area contributed by atoms with E-state index in [0.717, 1.165) is 10.5 Å². The van der Waals surface area contributed by atoms with Gasteiger partial charge < -0.3 is 5.32 Å². The second kappa shape index (κ2) is 8.54. The molecule has 3 amide bonds. The monoisotopic (exact) mass is 590 g/mol. The lowest BCUT2D eigenvalue weighted by Gasteiger charge is -2.34. The van der Waals surface area contributed by atoms with Crippen LogP contribution in [0.25, 0.3) is 0 Å². The number of alkyl halides is 4. The highest BCUT2D eigenvalue weighted by atomic mass is 35.5. The van der Waals surface area contributed by atoms with Crippen molar-refractivity contribution in [3.63, 3.8) is 0 Å². The third-order valence-corrected chi connectivity index (χ3v) is 11.0. The van der Waals surface area contributed by atoms with Crippen LogP contribution in [-0.4, -0.2) is 31.8 Å². The van der Waals surface area contributed by atoms with Crippen molar-refractivity contribution >= 4 is 98.7 Å². The first-order valence-electron chi connectivity index (χ1n) is 10.6. The summed E-state index contributed by atoms with van der Waals surface area (Å²) in [6.07, 6.45) is 0.835. The van der Waals surface area contributed by atoms with Gasteiger partial charge >= 0.3 is 0 Å². The Morgan fingerprint density at radius 3 is 2.00 bits per heavy atom. The molecule has 1 N–H and O–H groups in total. The summed E-state index contributed by atoms with van der Waals surface area (Å²) in [4.78, 5) is 36.7. The van der Waals surface area contributed by atoms with Gasteiger partial charge in [-0.1, -0.05) is 82.8 Å². The van der Waals surface area contributed by atoms with E-state index < -0.39 is 37.7 Å². The molecule has 11 heteroatoms. The minimum absolute atomic E-state index is 0.149. The summed E-state index contributed by atoms with van der Waals surface area (Å²) >= 11 is 39.2. The van der Waals surface area contributed by atoms with Gasteiger partial charge in [0.25, 0.3) is 0 Å². The smallest absolute Gasteiger partial charge is 0.240 e. The lowest BCUT2D eigenvalue weighted by Crippen LogP contribution is -2.50. The fourth-order valence-electron chi connectivity index (χ4n) is 5.10. The summed E-state index contributed by atoms with van der Waals surface area (Å²) in [7, 11) is 0. The molecule has 0 radical (unpaired) electrons. The minimum Gasteiger partial charge on any atom is -0.326 e. The molecule has 1 saturated heterocycles. The normalized spacial score (nSPS) is 30.7. The van der Waals surface area contributed by atoms with Crippen LogP contribution in [0.5, 0.6) is 0 Å². The Bertz CT molecular complexity index is 1250. The van der Waals surface area contributed by atoms with Crippen LogP contribution in [0, 0.1) is 11.8 Å². The zero-order valence-corrected chi connectivity index (χ0v) is 22.2. The molecular formula is C24H16Cl6N2O3. The Hall–Kier alpha value is -1.47. The maximum absolute atomic E-state index is 13.5. The number of aryl methyl sites for hydroxylation is 1. The maximum Gasteiger partial charge on any atom is 0.240 e. The molecule has 1 aliphatic heterocycles. The van der Waals surface area contributed by atoms with Gasteiger partial charge in [0, 0.05) is 12.1 Å². The van der Waals surface area contributed by atoms with Gasteiger partial charge in [0.05, 0.1) is 27.6 Å². The number of hydrogen-bond donors (Lipinski definition) is 1. The minimum atomic E-state index is -1.99. The number of amides is 3. The van der Waals surface area contributed by atoms with E-state index in [1.165, 1.54) is 6.07 Å². The summed E-state index contributed by atoms with van der Waals surface area (Å²) in [6.45, 7) is 0. The van der Waals surface area contributed by atoms with Crippen LogP contribution < -0.4 is 10.2 Å². The van der Waals surface area contributed by atoms with E-state index in [1.807, 2.05) is 30.3 Å². The molecule has 182 valence electrons. The SMILES string of the molecule is O=C(CCc1ccccc1)Nc1cccc(N2C(=O)C3C(C2=O)C2(Cl)C(Cl)=C(Cl)C3(Cl)C2(Cl)Cl)c1. The Kier molecular flexibility index (Phi) is 6.15. The number of fused-ring (bicyclic) bond motifs is 5. The predicted molar refractivity (Wildman–Crippen MR) is 140 cm³/mol. The lowest BCUT2D eigenvalue weighted by atomic mass is 9.84. The van der Waals surface area contributed by atoms with Gasteiger partial charge in [0.2, 0.25) is 17.7 Å². The van der Waals surface area contributed by atoms with Crippen LogP contribution in [0.3, 0.4) is 0 Å². The van der Waals surface area contributed by atoms with Crippen molar-refractivity contribution in [1.29, 1.82) is 0 Å². The molecule has 2 fully saturated rings. The summed E-state index contributed by atoms with van der Waals surface area (Å²) < 4.78 is -1.99. The van der Waals surface area contributed by atoms with Crippen molar-refractivity contribution in [3.05, 3.63) is 70.2 Å².